The number of rotatable bonds is 3. The Labute approximate surface area is 173 Å². The zero-order chi connectivity index (χ0) is 20.9. The predicted molar refractivity (Wildman–Crippen MR) is 113 cm³/mol. The van der Waals surface area contributed by atoms with E-state index in [1.807, 2.05) is 33.8 Å². The Morgan fingerprint density at radius 1 is 1.17 bits per heavy atom. The molecule has 0 unspecified atom stereocenters. The average molecular weight is 409 g/mol. The Balaban J connectivity index is 1.98. The van der Waals surface area contributed by atoms with E-state index in [-0.39, 0.29) is 12.2 Å². The summed E-state index contributed by atoms with van der Waals surface area (Å²) < 4.78 is 2.06. The molecule has 3 aromatic rings. The van der Waals surface area contributed by atoms with Crippen molar-refractivity contribution in [3.63, 3.8) is 0 Å². The van der Waals surface area contributed by atoms with Crippen LogP contribution >= 0.6 is 11.3 Å². The molecule has 1 atom stereocenters. The SMILES string of the molecule is Cc1sc2c(c1C)C(c1ccnnc1)=N[C@@H](CC(=O)C(C)(C)C)c1nnc(C)n1-2. The highest BCUT2D eigenvalue weighted by Crippen LogP contribution is 2.40. The average Bonchev–Trinajstić information content (AvgIpc) is 3.14. The first-order chi connectivity index (χ1) is 13.7. The van der Waals surface area contributed by atoms with Crippen LogP contribution in [0.5, 0.6) is 0 Å². The summed E-state index contributed by atoms with van der Waals surface area (Å²) >= 11 is 1.70. The smallest absolute Gasteiger partial charge is 0.163 e. The third kappa shape index (κ3) is 3.31. The maximum Gasteiger partial charge on any atom is 0.163 e. The lowest BCUT2D eigenvalue weighted by Crippen LogP contribution is -2.23. The molecule has 29 heavy (non-hydrogen) atoms. The molecule has 0 N–H and O–H groups in total. The molecule has 4 heterocycles. The third-order valence-corrected chi connectivity index (χ3v) is 6.50. The van der Waals surface area contributed by atoms with Gasteiger partial charge in [-0.15, -0.1) is 21.5 Å². The standard InChI is InChI=1S/C21H24N6OS/c1-11-12(2)29-20-17(11)18(14-7-8-22-23-10-14)24-15(9-16(28)21(4,5)6)19-26-25-13(3)27(19)20/h7-8,10,15H,9H2,1-6H3/t15-/m0/s1. The number of aryl methyl sites for hydroxylation is 2. The molecule has 150 valence electrons. The second-order valence-electron chi connectivity index (χ2n) is 8.41. The molecule has 0 bridgehead atoms. The monoisotopic (exact) mass is 408 g/mol. The van der Waals surface area contributed by atoms with E-state index < -0.39 is 11.5 Å². The second-order valence-corrected chi connectivity index (χ2v) is 9.61. The van der Waals surface area contributed by atoms with Gasteiger partial charge in [-0.2, -0.15) is 10.2 Å². The van der Waals surface area contributed by atoms with Gasteiger partial charge in [0.15, 0.2) is 5.82 Å². The van der Waals surface area contributed by atoms with Gasteiger partial charge in [0.1, 0.15) is 22.7 Å². The van der Waals surface area contributed by atoms with Crippen LogP contribution < -0.4 is 0 Å². The van der Waals surface area contributed by atoms with Gasteiger partial charge in [0.2, 0.25) is 0 Å². The van der Waals surface area contributed by atoms with Crippen molar-refractivity contribution in [2.75, 3.05) is 0 Å². The van der Waals surface area contributed by atoms with Crippen molar-refractivity contribution in [2.24, 2.45) is 10.4 Å². The maximum atomic E-state index is 12.9. The van der Waals surface area contributed by atoms with Gasteiger partial charge in [0.05, 0.1) is 18.1 Å². The van der Waals surface area contributed by atoms with Crippen LogP contribution in [-0.2, 0) is 4.79 Å². The van der Waals surface area contributed by atoms with Crippen LogP contribution in [-0.4, -0.2) is 36.5 Å². The third-order valence-electron chi connectivity index (χ3n) is 5.31. The normalized spacial score (nSPS) is 16.1. The summed E-state index contributed by atoms with van der Waals surface area (Å²) in [7, 11) is 0. The molecule has 0 fully saturated rings. The molecule has 3 aromatic heterocycles. The largest absolute Gasteiger partial charge is 0.299 e. The summed E-state index contributed by atoms with van der Waals surface area (Å²) in [4.78, 5) is 19.2. The molecule has 0 saturated heterocycles. The quantitative estimate of drug-likeness (QED) is 0.655. The molecule has 1 aliphatic heterocycles. The number of carbonyl (C=O) groups is 1. The number of thiophene rings is 1. The predicted octanol–water partition coefficient (Wildman–Crippen LogP) is 3.94. The summed E-state index contributed by atoms with van der Waals surface area (Å²) in [6.07, 6.45) is 3.66. The lowest BCUT2D eigenvalue weighted by atomic mass is 9.87. The van der Waals surface area contributed by atoms with Gasteiger partial charge in [0, 0.05) is 27.8 Å². The van der Waals surface area contributed by atoms with E-state index in [0.717, 1.165) is 27.7 Å². The highest BCUT2D eigenvalue weighted by atomic mass is 32.1. The summed E-state index contributed by atoms with van der Waals surface area (Å²) in [6, 6.07) is 1.49. The number of Topliss-reactive ketones (excluding diaryl/α,β-unsaturated/α-hetero) is 1. The van der Waals surface area contributed by atoms with Crippen LogP contribution in [0, 0.1) is 26.2 Å². The highest BCUT2D eigenvalue weighted by Gasteiger charge is 2.34. The number of aliphatic imine (C=N–C) groups is 1. The Hall–Kier alpha value is -2.74. The summed E-state index contributed by atoms with van der Waals surface area (Å²) in [5.41, 5.74) is 3.48. The second kappa shape index (κ2) is 6.95. The Morgan fingerprint density at radius 3 is 2.59 bits per heavy atom. The number of carbonyl (C=O) groups excluding carboxylic acids is 1. The van der Waals surface area contributed by atoms with Crippen molar-refractivity contribution < 1.29 is 4.79 Å². The molecule has 0 radical (unpaired) electrons. The zero-order valence-corrected chi connectivity index (χ0v) is 18.3. The number of ketones is 1. The minimum absolute atomic E-state index is 0.142. The topological polar surface area (TPSA) is 85.9 Å². The van der Waals surface area contributed by atoms with Crippen LogP contribution in [0.15, 0.2) is 23.5 Å². The minimum atomic E-state index is -0.447. The summed E-state index contributed by atoms with van der Waals surface area (Å²) in [5.74, 6) is 1.64. The highest BCUT2D eigenvalue weighted by molar-refractivity contribution is 7.15. The van der Waals surface area contributed by atoms with Crippen LogP contribution in [0.3, 0.4) is 0 Å². The van der Waals surface area contributed by atoms with E-state index in [4.69, 9.17) is 4.99 Å². The number of hydrogen-bond acceptors (Lipinski definition) is 7. The molecule has 0 saturated carbocycles. The van der Waals surface area contributed by atoms with Crippen LogP contribution in [0.25, 0.3) is 5.00 Å². The van der Waals surface area contributed by atoms with Gasteiger partial charge in [-0.05, 0) is 32.4 Å². The fraction of sp³-hybridized carbons (Fsp3) is 0.429. The first-order valence-corrected chi connectivity index (χ1v) is 10.4. The van der Waals surface area contributed by atoms with E-state index in [1.54, 1.807) is 23.7 Å². The first-order valence-electron chi connectivity index (χ1n) is 9.59. The molecular formula is C21H24N6OS. The molecule has 7 nitrogen and oxygen atoms in total. The van der Waals surface area contributed by atoms with Crippen molar-refractivity contribution in [3.05, 3.63) is 51.7 Å². The minimum Gasteiger partial charge on any atom is -0.299 e. The van der Waals surface area contributed by atoms with E-state index in [0.29, 0.717) is 5.82 Å². The van der Waals surface area contributed by atoms with Gasteiger partial charge >= 0.3 is 0 Å². The van der Waals surface area contributed by atoms with E-state index in [9.17, 15) is 4.79 Å². The lowest BCUT2D eigenvalue weighted by molar-refractivity contribution is -0.126. The number of nitrogens with zero attached hydrogens (tertiary/aromatic N) is 6. The van der Waals surface area contributed by atoms with Gasteiger partial charge < -0.3 is 0 Å². The van der Waals surface area contributed by atoms with Crippen molar-refractivity contribution in [1.29, 1.82) is 0 Å². The Morgan fingerprint density at radius 2 is 1.93 bits per heavy atom. The molecule has 0 amide bonds. The van der Waals surface area contributed by atoms with E-state index in [1.165, 1.54) is 10.4 Å². The number of aromatic nitrogens is 5. The first kappa shape index (κ1) is 19.6. The maximum absolute atomic E-state index is 12.9. The molecule has 8 heteroatoms. The fourth-order valence-electron chi connectivity index (χ4n) is 3.44. The molecule has 4 rings (SSSR count). The van der Waals surface area contributed by atoms with Gasteiger partial charge in [-0.25, -0.2) is 0 Å². The van der Waals surface area contributed by atoms with Crippen LogP contribution in [0.1, 0.15) is 66.5 Å². The molecule has 0 spiro atoms. The van der Waals surface area contributed by atoms with Crippen LogP contribution in [0.2, 0.25) is 0 Å². The van der Waals surface area contributed by atoms with E-state index >= 15 is 0 Å². The number of fused-ring (bicyclic) bond motifs is 3. The number of hydrogen-bond donors (Lipinski definition) is 0. The van der Waals surface area contributed by atoms with Crippen molar-refractivity contribution in [1.82, 2.24) is 25.0 Å². The van der Waals surface area contributed by atoms with Crippen molar-refractivity contribution >= 4 is 22.8 Å². The molecule has 0 aromatic carbocycles. The summed E-state index contributed by atoms with van der Waals surface area (Å²) in [5, 5.41) is 17.7. The Kier molecular flexibility index (Phi) is 4.69. The molecular weight excluding hydrogens is 384 g/mol. The van der Waals surface area contributed by atoms with Crippen molar-refractivity contribution in [3.8, 4) is 5.00 Å². The van der Waals surface area contributed by atoms with Gasteiger partial charge in [-0.3, -0.25) is 14.4 Å². The molecule has 1 aliphatic rings. The van der Waals surface area contributed by atoms with Crippen molar-refractivity contribution in [2.45, 2.75) is 54.0 Å². The fourth-order valence-corrected chi connectivity index (χ4v) is 4.65. The molecule has 0 aliphatic carbocycles. The van der Waals surface area contributed by atoms with Gasteiger partial charge in [0.25, 0.3) is 0 Å². The zero-order valence-electron chi connectivity index (χ0n) is 17.5. The van der Waals surface area contributed by atoms with E-state index in [2.05, 4.69) is 38.8 Å². The van der Waals surface area contributed by atoms with Gasteiger partial charge in [-0.1, -0.05) is 20.8 Å². The summed E-state index contributed by atoms with van der Waals surface area (Å²) in [6.45, 7) is 12.0. The Bertz CT molecular complexity index is 1120. The van der Waals surface area contributed by atoms with Crippen LogP contribution in [0.4, 0.5) is 0 Å². The lowest BCUT2D eigenvalue weighted by Gasteiger charge is -2.19.